The summed E-state index contributed by atoms with van der Waals surface area (Å²) in [5.74, 6) is 0.988. The molecule has 0 saturated heterocycles. The molecule has 0 radical (unpaired) electrons. The lowest BCUT2D eigenvalue weighted by Crippen LogP contribution is -1.98. The van der Waals surface area contributed by atoms with Crippen LogP contribution in [0.25, 0.3) is 11.0 Å². The first-order chi connectivity index (χ1) is 7.55. The molecule has 1 aliphatic heterocycles. The molecule has 1 aromatic carbocycles. The minimum Gasteiger partial charge on any atom is -0.328 e. The van der Waals surface area contributed by atoms with Gasteiger partial charge < -0.3 is 4.57 Å². The van der Waals surface area contributed by atoms with Gasteiger partial charge in [-0.3, -0.25) is 4.55 Å². The predicted octanol–water partition coefficient (Wildman–Crippen LogP) is 1.23. The maximum absolute atomic E-state index is 11.0. The van der Waals surface area contributed by atoms with Crippen LogP contribution in [-0.4, -0.2) is 22.5 Å². The fraction of sp³-hybridized carbons (Fsp3) is 0.300. The van der Waals surface area contributed by atoms with Crippen molar-refractivity contribution in [2.45, 2.75) is 24.3 Å². The van der Waals surface area contributed by atoms with E-state index in [2.05, 4.69) is 9.55 Å². The minimum atomic E-state index is -4.14. The molecule has 1 aliphatic rings. The Hall–Kier alpha value is -1.40. The van der Waals surface area contributed by atoms with Gasteiger partial charge in [0.15, 0.2) is 0 Å². The van der Waals surface area contributed by atoms with Crippen LogP contribution in [0.5, 0.6) is 0 Å². The lowest BCUT2D eigenvalue weighted by molar-refractivity contribution is 0.483. The molecule has 0 amide bonds. The first-order valence-corrected chi connectivity index (χ1v) is 6.46. The van der Waals surface area contributed by atoms with Crippen LogP contribution in [-0.2, 0) is 23.1 Å². The maximum Gasteiger partial charge on any atom is 0.294 e. The fourth-order valence-corrected chi connectivity index (χ4v) is 2.66. The third-order valence-electron chi connectivity index (χ3n) is 2.88. The molecular formula is C10H10N2O3S. The topological polar surface area (TPSA) is 72.2 Å². The molecule has 0 atom stereocenters. The molecule has 0 saturated carbocycles. The van der Waals surface area contributed by atoms with Crippen molar-refractivity contribution in [2.75, 3.05) is 0 Å². The Morgan fingerprint density at radius 3 is 2.94 bits per heavy atom. The molecular weight excluding hydrogens is 228 g/mol. The van der Waals surface area contributed by atoms with E-state index in [0.717, 1.165) is 30.7 Å². The summed E-state index contributed by atoms with van der Waals surface area (Å²) in [6, 6.07) is 4.52. The smallest absolute Gasteiger partial charge is 0.294 e. The highest BCUT2D eigenvalue weighted by molar-refractivity contribution is 7.85. The normalized spacial score (nSPS) is 15.6. The molecule has 2 heterocycles. The molecule has 1 aromatic heterocycles. The Morgan fingerprint density at radius 2 is 2.19 bits per heavy atom. The summed E-state index contributed by atoms with van der Waals surface area (Å²) in [4.78, 5) is 4.25. The highest BCUT2D eigenvalue weighted by atomic mass is 32.2. The van der Waals surface area contributed by atoms with E-state index in [1.54, 1.807) is 6.07 Å². The molecule has 16 heavy (non-hydrogen) atoms. The van der Waals surface area contributed by atoms with Crippen molar-refractivity contribution in [1.29, 1.82) is 0 Å². The Morgan fingerprint density at radius 1 is 1.38 bits per heavy atom. The molecule has 0 unspecified atom stereocenters. The monoisotopic (exact) mass is 238 g/mol. The zero-order valence-corrected chi connectivity index (χ0v) is 9.24. The summed E-state index contributed by atoms with van der Waals surface area (Å²) in [7, 11) is -4.14. The summed E-state index contributed by atoms with van der Waals surface area (Å²) in [6.07, 6.45) is 2.01. The summed E-state index contributed by atoms with van der Waals surface area (Å²) >= 11 is 0. The van der Waals surface area contributed by atoms with E-state index in [-0.39, 0.29) is 4.90 Å². The number of benzene rings is 1. The predicted molar refractivity (Wildman–Crippen MR) is 57.9 cm³/mol. The van der Waals surface area contributed by atoms with Crippen molar-refractivity contribution in [1.82, 2.24) is 9.55 Å². The SMILES string of the molecule is O=S(=O)(O)c1ccc2c(c1)nc1n2CCC1. The number of hydrogen-bond acceptors (Lipinski definition) is 3. The van der Waals surface area contributed by atoms with E-state index >= 15 is 0 Å². The summed E-state index contributed by atoms with van der Waals surface area (Å²) < 4.78 is 33.0. The van der Waals surface area contributed by atoms with Gasteiger partial charge in [0.25, 0.3) is 10.1 Å². The van der Waals surface area contributed by atoms with Crippen LogP contribution in [0.2, 0.25) is 0 Å². The number of fused-ring (bicyclic) bond motifs is 3. The number of imidazole rings is 1. The largest absolute Gasteiger partial charge is 0.328 e. The van der Waals surface area contributed by atoms with Crippen LogP contribution in [0.1, 0.15) is 12.2 Å². The van der Waals surface area contributed by atoms with Gasteiger partial charge >= 0.3 is 0 Å². The van der Waals surface area contributed by atoms with E-state index in [9.17, 15) is 8.42 Å². The van der Waals surface area contributed by atoms with Crippen molar-refractivity contribution >= 4 is 21.2 Å². The molecule has 84 valence electrons. The molecule has 6 heteroatoms. The first-order valence-electron chi connectivity index (χ1n) is 5.02. The Kier molecular flexibility index (Phi) is 1.87. The first kappa shape index (κ1) is 9.80. The highest BCUT2D eigenvalue weighted by Crippen LogP contribution is 2.24. The van der Waals surface area contributed by atoms with Crippen molar-refractivity contribution in [3.05, 3.63) is 24.0 Å². The fourth-order valence-electron chi connectivity index (χ4n) is 2.16. The van der Waals surface area contributed by atoms with E-state index in [0.29, 0.717) is 5.52 Å². The van der Waals surface area contributed by atoms with Crippen LogP contribution >= 0.6 is 0 Å². The lowest BCUT2D eigenvalue weighted by atomic mass is 10.3. The van der Waals surface area contributed by atoms with Gasteiger partial charge in [-0.2, -0.15) is 8.42 Å². The average Bonchev–Trinajstić information content (AvgIpc) is 2.74. The Balaban J connectivity index is 2.28. The number of aryl methyl sites for hydroxylation is 2. The molecule has 0 bridgehead atoms. The molecule has 2 aromatic rings. The summed E-state index contributed by atoms with van der Waals surface area (Å²) in [5.41, 5.74) is 1.56. The number of rotatable bonds is 1. The Labute approximate surface area is 92.5 Å². The number of nitrogens with zero attached hydrogens (tertiary/aromatic N) is 2. The molecule has 1 N–H and O–H groups in total. The van der Waals surface area contributed by atoms with Crippen molar-refractivity contribution < 1.29 is 13.0 Å². The van der Waals surface area contributed by atoms with Gasteiger partial charge in [-0.15, -0.1) is 0 Å². The highest BCUT2D eigenvalue weighted by Gasteiger charge is 2.18. The van der Waals surface area contributed by atoms with Crippen molar-refractivity contribution in [3.63, 3.8) is 0 Å². The molecule has 5 nitrogen and oxygen atoms in total. The molecule has 0 spiro atoms. The molecule has 0 fully saturated rings. The van der Waals surface area contributed by atoms with E-state index in [1.807, 2.05) is 0 Å². The second-order valence-electron chi connectivity index (χ2n) is 3.91. The maximum atomic E-state index is 11.0. The summed E-state index contributed by atoms with van der Waals surface area (Å²) in [5, 5.41) is 0. The summed E-state index contributed by atoms with van der Waals surface area (Å²) in [6.45, 7) is 0.928. The van der Waals surface area contributed by atoms with E-state index in [4.69, 9.17) is 4.55 Å². The lowest BCUT2D eigenvalue weighted by Gasteiger charge is -1.99. The van der Waals surface area contributed by atoms with Gasteiger partial charge in [-0.05, 0) is 24.6 Å². The number of hydrogen-bond donors (Lipinski definition) is 1. The second-order valence-corrected chi connectivity index (χ2v) is 5.33. The van der Waals surface area contributed by atoms with E-state index < -0.39 is 10.1 Å². The number of aromatic nitrogens is 2. The zero-order chi connectivity index (χ0) is 11.3. The third kappa shape index (κ3) is 1.34. The third-order valence-corrected chi connectivity index (χ3v) is 3.73. The average molecular weight is 238 g/mol. The zero-order valence-electron chi connectivity index (χ0n) is 8.42. The van der Waals surface area contributed by atoms with Crippen molar-refractivity contribution in [2.24, 2.45) is 0 Å². The minimum absolute atomic E-state index is 0.100. The van der Waals surface area contributed by atoms with Crippen LogP contribution in [0.3, 0.4) is 0 Å². The van der Waals surface area contributed by atoms with Crippen LogP contribution in [0, 0.1) is 0 Å². The second kappa shape index (κ2) is 3.05. The van der Waals surface area contributed by atoms with Crippen LogP contribution < -0.4 is 0 Å². The van der Waals surface area contributed by atoms with Crippen molar-refractivity contribution in [3.8, 4) is 0 Å². The van der Waals surface area contributed by atoms with Gasteiger partial charge in [0.1, 0.15) is 5.82 Å². The van der Waals surface area contributed by atoms with Crippen LogP contribution in [0.15, 0.2) is 23.1 Å². The quantitative estimate of drug-likeness (QED) is 0.758. The van der Waals surface area contributed by atoms with Crippen LogP contribution in [0.4, 0.5) is 0 Å². The van der Waals surface area contributed by atoms with Gasteiger partial charge in [0.2, 0.25) is 0 Å². The van der Waals surface area contributed by atoms with Gasteiger partial charge in [-0.25, -0.2) is 4.98 Å². The molecule has 0 aliphatic carbocycles. The van der Waals surface area contributed by atoms with Gasteiger partial charge in [0.05, 0.1) is 15.9 Å². The Bertz CT molecular complexity index is 673. The molecule has 3 rings (SSSR count). The van der Waals surface area contributed by atoms with E-state index in [1.165, 1.54) is 12.1 Å². The van der Waals surface area contributed by atoms with Gasteiger partial charge in [0, 0.05) is 13.0 Å². The van der Waals surface area contributed by atoms with Gasteiger partial charge in [-0.1, -0.05) is 0 Å². The standard InChI is InChI=1S/C10H10N2O3S/c13-16(14,15)7-3-4-9-8(6-7)11-10-2-1-5-12(9)10/h3-4,6H,1-2,5H2,(H,13,14,15).